The Bertz CT molecular complexity index is 269. The second-order valence-electron chi connectivity index (χ2n) is 6.71. The van der Waals surface area contributed by atoms with E-state index in [1.54, 1.807) is 0 Å². The predicted molar refractivity (Wildman–Crippen MR) is 74.5 cm³/mol. The van der Waals surface area contributed by atoms with Gasteiger partial charge in [0.2, 0.25) is 0 Å². The van der Waals surface area contributed by atoms with Crippen molar-refractivity contribution in [1.82, 2.24) is 4.90 Å². The molecule has 1 atom stereocenters. The van der Waals surface area contributed by atoms with Gasteiger partial charge in [0.1, 0.15) is 0 Å². The van der Waals surface area contributed by atoms with Crippen LogP contribution in [-0.4, -0.2) is 52.8 Å². The quantitative estimate of drug-likeness (QED) is 0.818. The van der Waals surface area contributed by atoms with Crippen molar-refractivity contribution in [3.8, 4) is 0 Å². The molecular formula is C13H26N2OS. The maximum Gasteiger partial charge on any atom is 0.0761 e. The van der Waals surface area contributed by atoms with E-state index in [1.165, 1.54) is 17.9 Å². The van der Waals surface area contributed by atoms with Crippen LogP contribution in [0.4, 0.5) is 0 Å². The Labute approximate surface area is 109 Å². The molecule has 3 nitrogen and oxygen atoms in total. The van der Waals surface area contributed by atoms with Crippen LogP contribution in [0.15, 0.2) is 0 Å². The van der Waals surface area contributed by atoms with E-state index in [-0.39, 0.29) is 16.7 Å². The summed E-state index contributed by atoms with van der Waals surface area (Å²) < 4.78 is 6.15. The molecule has 2 aliphatic rings. The maximum absolute atomic E-state index is 6.15. The van der Waals surface area contributed by atoms with Crippen molar-refractivity contribution in [2.45, 2.75) is 50.9 Å². The predicted octanol–water partition coefficient (Wildman–Crippen LogP) is 1.71. The van der Waals surface area contributed by atoms with Crippen LogP contribution in [0.3, 0.4) is 0 Å². The van der Waals surface area contributed by atoms with Crippen LogP contribution in [-0.2, 0) is 4.74 Å². The number of rotatable bonds is 2. The number of ether oxygens (including phenoxy) is 1. The zero-order valence-corrected chi connectivity index (χ0v) is 12.4. The number of thioether (sulfide) groups is 1. The summed E-state index contributed by atoms with van der Waals surface area (Å²) in [5.41, 5.74) is 6.15. The van der Waals surface area contributed by atoms with Crippen LogP contribution in [0.1, 0.15) is 34.1 Å². The molecule has 0 aromatic carbocycles. The summed E-state index contributed by atoms with van der Waals surface area (Å²) in [6.07, 6.45) is 1.22. The fourth-order valence-electron chi connectivity index (χ4n) is 3.26. The average Bonchev–Trinajstić information content (AvgIpc) is 2.61. The Hall–Kier alpha value is 0.230. The van der Waals surface area contributed by atoms with Gasteiger partial charge in [0.05, 0.1) is 11.2 Å². The molecule has 2 saturated heterocycles. The van der Waals surface area contributed by atoms with E-state index in [4.69, 9.17) is 10.5 Å². The highest BCUT2D eigenvalue weighted by atomic mass is 32.2. The Balaban J connectivity index is 2.20. The molecule has 17 heavy (non-hydrogen) atoms. The zero-order chi connectivity index (χ0) is 12.7. The van der Waals surface area contributed by atoms with Gasteiger partial charge in [-0.05, 0) is 39.9 Å². The van der Waals surface area contributed by atoms with Crippen molar-refractivity contribution >= 4 is 11.8 Å². The molecular weight excluding hydrogens is 232 g/mol. The van der Waals surface area contributed by atoms with Gasteiger partial charge in [-0.3, -0.25) is 4.90 Å². The van der Waals surface area contributed by atoms with E-state index >= 15 is 0 Å². The van der Waals surface area contributed by atoms with Gasteiger partial charge in [0.25, 0.3) is 0 Å². The number of nitrogens with two attached hydrogens (primary N) is 1. The third kappa shape index (κ3) is 2.80. The van der Waals surface area contributed by atoms with E-state index < -0.39 is 0 Å². The molecule has 2 heterocycles. The van der Waals surface area contributed by atoms with Crippen LogP contribution in [0.2, 0.25) is 0 Å². The summed E-state index contributed by atoms with van der Waals surface area (Å²) in [5.74, 6) is 2.42. The first kappa shape index (κ1) is 13.7. The molecule has 2 rings (SSSR count). The molecule has 0 saturated carbocycles. The molecule has 0 bridgehead atoms. The summed E-state index contributed by atoms with van der Waals surface area (Å²) in [5, 5.41) is 0. The second-order valence-corrected chi connectivity index (χ2v) is 7.81. The van der Waals surface area contributed by atoms with Crippen LogP contribution >= 0.6 is 11.8 Å². The molecule has 2 aliphatic heterocycles. The first-order valence-electron chi connectivity index (χ1n) is 6.52. The molecule has 0 aromatic heterocycles. The van der Waals surface area contributed by atoms with Crippen molar-refractivity contribution in [3.05, 3.63) is 0 Å². The molecule has 4 heteroatoms. The van der Waals surface area contributed by atoms with Gasteiger partial charge < -0.3 is 10.5 Å². The van der Waals surface area contributed by atoms with E-state index in [1.807, 2.05) is 11.8 Å². The average molecular weight is 258 g/mol. The second kappa shape index (κ2) is 4.41. The van der Waals surface area contributed by atoms with Crippen LogP contribution < -0.4 is 5.73 Å². The van der Waals surface area contributed by atoms with E-state index in [0.717, 1.165) is 19.6 Å². The molecule has 100 valence electrons. The highest BCUT2D eigenvalue weighted by molar-refractivity contribution is 7.99. The van der Waals surface area contributed by atoms with E-state index in [9.17, 15) is 0 Å². The number of nitrogens with zero attached hydrogens (tertiary/aromatic N) is 1. The summed E-state index contributed by atoms with van der Waals surface area (Å²) in [6.45, 7) is 11.5. The molecule has 0 aliphatic carbocycles. The smallest absolute Gasteiger partial charge is 0.0761 e. The minimum absolute atomic E-state index is 0.0722. The molecule has 0 aromatic rings. The minimum atomic E-state index is -0.0722. The summed E-state index contributed by atoms with van der Waals surface area (Å²) in [7, 11) is 0. The Morgan fingerprint density at radius 3 is 2.18 bits per heavy atom. The van der Waals surface area contributed by atoms with Crippen molar-refractivity contribution in [1.29, 1.82) is 0 Å². The molecule has 2 fully saturated rings. The Morgan fingerprint density at radius 1 is 1.18 bits per heavy atom. The van der Waals surface area contributed by atoms with Crippen LogP contribution in [0, 0.1) is 0 Å². The van der Waals surface area contributed by atoms with Crippen LogP contribution in [0.25, 0.3) is 0 Å². The highest BCUT2D eigenvalue weighted by Gasteiger charge is 2.47. The van der Waals surface area contributed by atoms with Crippen LogP contribution in [0.5, 0.6) is 0 Å². The lowest BCUT2D eigenvalue weighted by molar-refractivity contribution is -0.196. The van der Waals surface area contributed by atoms with Gasteiger partial charge in [-0.1, -0.05) is 0 Å². The van der Waals surface area contributed by atoms with E-state index in [0.29, 0.717) is 0 Å². The lowest BCUT2D eigenvalue weighted by atomic mass is 9.89. The number of hydrogen-bond donors (Lipinski definition) is 1. The van der Waals surface area contributed by atoms with Gasteiger partial charge in [0.15, 0.2) is 0 Å². The zero-order valence-electron chi connectivity index (χ0n) is 11.6. The molecule has 0 spiro atoms. The molecule has 1 unspecified atom stereocenters. The van der Waals surface area contributed by atoms with Crippen molar-refractivity contribution in [3.63, 3.8) is 0 Å². The monoisotopic (exact) mass is 258 g/mol. The first-order chi connectivity index (χ1) is 7.79. The highest BCUT2D eigenvalue weighted by Crippen LogP contribution is 2.38. The van der Waals surface area contributed by atoms with Crippen molar-refractivity contribution < 1.29 is 4.74 Å². The van der Waals surface area contributed by atoms with Gasteiger partial charge >= 0.3 is 0 Å². The first-order valence-corrected chi connectivity index (χ1v) is 7.67. The standard InChI is InChI=1S/C13H26N2OS/c1-11(2)8-15(9-12(3,4)16-11)13(7-14)5-6-17-10-13/h5-10,14H2,1-4H3. The minimum Gasteiger partial charge on any atom is -0.367 e. The summed E-state index contributed by atoms with van der Waals surface area (Å²) in [4.78, 5) is 2.59. The molecule has 2 N–H and O–H groups in total. The van der Waals surface area contributed by atoms with Gasteiger partial charge in [-0.15, -0.1) is 0 Å². The summed E-state index contributed by atoms with van der Waals surface area (Å²) in [6, 6.07) is 0. The lowest BCUT2D eigenvalue weighted by Crippen LogP contribution is -2.66. The fraction of sp³-hybridized carbons (Fsp3) is 1.00. The largest absolute Gasteiger partial charge is 0.367 e. The van der Waals surface area contributed by atoms with E-state index in [2.05, 4.69) is 32.6 Å². The molecule has 0 radical (unpaired) electrons. The molecule has 0 amide bonds. The van der Waals surface area contributed by atoms with Gasteiger partial charge in [-0.25, -0.2) is 0 Å². The number of morpholine rings is 1. The van der Waals surface area contributed by atoms with Gasteiger partial charge in [-0.2, -0.15) is 11.8 Å². The topological polar surface area (TPSA) is 38.5 Å². The van der Waals surface area contributed by atoms with Crippen molar-refractivity contribution in [2.75, 3.05) is 31.1 Å². The normalized spacial score (nSPS) is 37.2. The Morgan fingerprint density at radius 2 is 1.76 bits per heavy atom. The maximum atomic E-state index is 6.15. The van der Waals surface area contributed by atoms with Crippen molar-refractivity contribution in [2.24, 2.45) is 5.73 Å². The van der Waals surface area contributed by atoms with Gasteiger partial charge in [0, 0.05) is 30.9 Å². The third-order valence-electron chi connectivity index (χ3n) is 3.83. The Kier molecular flexibility index (Phi) is 3.54. The number of hydrogen-bond acceptors (Lipinski definition) is 4. The fourth-order valence-corrected chi connectivity index (χ4v) is 4.75. The lowest BCUT2D eigenvalue weighted by Gasteiger charge is -2.53. The summed E-state index contributed by atoms with van der Waals surface area (Å²) >= 11 is 2.04. The SMILES string of the molecule is CC1(C)CN(C2(CN)CCSC2)CC(C)(C)O1. The third-order valence-corrected chi connectivity index (χ3v) is 5.06.